The molecule has 0 bridgehead atoms. The summed E-state index contributed by atoms with van der Waals surface area (Å²) in [6, 6.07) is 4.71. The van der Waals surface area contributed by atoms with E-state index in [-0.39, 0.29) is 12.2 Å². The summed E-state index contributed by atoms with van der Waals surface area (Å²) in [5.41, 5.74) is -4.41. The lowest BCUT2D eigenvalue weighted by molar-refractivity contribution is -0.0435. The van der Waals surface area contributed by atoms with E-state index in [0.29, 0.717) is 29.7 Å². The number of alkyl halides is 3. The molecule has 10 heteroatoms. The van der Waals surface area contributed by atoms with E-state index in [1.54, 1.807) is 0 Å². The van der Waals surface area contributed by atoms with Crippen LogP contribution in [0.1, 0.15) is 30.7 Å². The number of aromatic nitrogens is 2. The largest absolute Gasteiger partial charge is 0.501 e. The molecule has 0 radical (unpaired) electrons. The monoisotopic (exact) mass is 389 g/mol. The molecule has 1 heterocycles. The molecular weight excluding hydrogens is 371 g/mol. The summed E-state index contributed by atoms with van der Waals surface area (Å²) in [6.45, 7) is 3.57. The molecule has 1 aromatic carbocycles. The molecule has 26 heavy (non-hydrogen) atoms. The van der Waals surface area contributed by atoms with Crippen molar-refractivity contribution in [1.82, 2.24) is 10.2 Å². The molecule has 0 aliphatic carbocycles. The second kappa shape index (κ2) is 7.48. The van der Waals surface area contributed by atoms with Crippen LogP contribution >= 0.6 is 0 Å². The molecule has 6 nitrogen and oxygen atoms in total. The Bertz CT molecular complexity index is 953. The summed E-state index contributed by atoms with van der Waals surface area (Å²) in [5.74, 6) is 0. The number of benzene rings is 1. The highest BCUT2D eigenvalue weighted by Crippen LogP contribution is 2.34. The molecule has 0 saturated carbocycles. The van der Waals surface area contributed by atoms with Crippen LogP contribution in [0.5, 0.6) is 0 Å². The Balaban J connectivity index is 2.44. The number of hydrogen-bond acceptors (Lipinski definition) is 5. The highest BCUT2D eigenvalue weighted by Gasteiger charge is 2.47. The minimum absolute atomic E-state index is 0.127. The fraction of sp³-hybridized carbons (Fsp3) is 0.375. The number of para-hydroxylation sites is 1. The number of anilines is 1. The zero-order valence-corrected chi connectivity index (χ0v) is 15.0. The predicted molar refractivity (Wildman–Crippen MR) is 90.6 cm³/mol. The third kappa shape index (κ3) is 3.74. The van der Waals surface area contributed by atoms with E-state index in [9.17, 15) is 26.4 Å². The van der Waals surface area contributed by atoms with E-state index < -0.39 is 25.8 Å². The number of hydrogen-bond donors (Lipinski definition) is 2. The Morgan fingerprint density at radius 2 is 1.77 bits per heavy atom. The van der Waals surface area contributed by atoms with Crippen molar-refractivity contribution in [3.63, 3.8) is 0 Å². The molecule has 1 aromatic heterocycles. The van der Waals surface area contributed by atoms with Crippen molar-refractivity contribution in [3.8, 4) is 0 Å². The number of nitrogens with one attached hydrogen (secondary N) is 2. The van der Waals surface area contributed by atoms with Crippen molar-refractivity contribution in [2.24, 2.45) is 0 Å². The molecular formula is C16H18F3N3O3S. The Hall–Kier alpha value is -2.36. The van der Waals surface area contributed by atoms with E-state index in [1.807, 2.05) is 13.8 Å². The number of halogens is 3. The maximum atomic E-state index is 12.9. The molecule has 2 N–H and O–H groups in total. The Labute approximate surface area is 148 Å². The average Bonchev–Trinajstić information content (AvgIpc) is 2.59. The van der Waals surface area contributed by atoms with Gasteiger partial charge in [0.05, 0.1) is 16.3 Å². The van der Waals surface area contributed by atoms with Gasteiger partial charge >= 0.3 is 5.51 Å². The topological polar surface area (TPSA) is 91.9 Å². The molecule has 142 valence electrons. The molecule has 0 fully saturated rings. The van der Waals surface area contributed by atoms with Crippen LogP contribution in [0, 0.1) is 0 Å². The van der Waals surface area contributed by atoms with Crippen LogP contribution in [0.15, 0.2) is 34.0 Å². The lowest BCUT2D eigenvalue weighted by Crippen LogP contribution is -2.25. The fourth-order valence-corrected chi connectivity index (χ4v) is 3.55. The number of sulfone groups is 1. The summed E-state index contributed by atoms with van der Waals surface area (Å²) in [4.78, 5) is 11.2. The van der Waals surface area contributed by atoms with Crippen LogP contribution in [0.2, 0.25) is 0 Å². The van der Waals surface area contributed by atoms with Crippen LogP contribution < -0.4 is 10.9 Å². The smallest absolute Gasteiger partial charge is 0.380 e. The van der Waals surface area contributed by atoms with Gasteiger partial charge in [-0.2, -0.15) is 18.3 Å². The third-order valence-corrected chi connectivity index (χ3v) is 5.45. The Morgan fingerprint density at radius 1 is 1.12 bits per heavy atom. The van der Waals surface area contributed by atoms with Crippen molar-refractivity contribution in [1.29, 1.82) is 0 Å². The van der Waals surface area contributed by atoms with Crippen molar-refractivity contribution in [3.05, 3.63) is 51.4 Å². The maximum Gasteiger partial charge on any atom is 0.501 e. The van der Waals surface area contributed by atoms with Gasteiger partial charge in [-0.05, 0) is 30.5 Å². The van der Waals surface area contributed by atoms with Crippen molar-refractivity contribution in [2.75, 3.05) is 5.32 Å². The summed E-state index contributed by atoms with van der Waals surface area (Å²) in [6.07, 6.45) is 1.09. The van der Waals surface area contributed by atoms with Crippen LogP contribution in [-0.2, 0) is 29.2 Å². The van der Waals surface area contributed by atoms with Crippen LogP contribution in [0.3, 0.4) is 0 Å². The first-order chi connectivity index (χ1) is 12.1. The zero-order chi connectivity index (χ0) is 19.5. The molecule has 0 spiro atoms. The van der Waals surface area contributed by atoms with Gasteiger partial charge in [0.25, 0.3) is 15.4 Å². The van der Waals surface area contributed by atoms with Crippen molar-refractivity contribution in [2.45, 2.75) is 43.6 Å². The number of aromatic amines is 1. The molecule has 2 rings (SSSR count). The van der Waals surface area contributed by atoms with Crippen molar-refractivity contribution >= 4 is 15.5 Å². The number of rotatable bonds is 6. The Morgan fingerprint density at radius 3 is 2.35 bits per heavy atom. The summed E-state index contributed by atoms with van der Waals surface area (Å²) >= 11 is 0. The van der Waals surface area contributed by atoms with E-state index in [4.69, 9.17) is 0 Å². The van der Waals surface area contributed by atoms with Crippen LogP contribution in [0.4, 0.5) is 18.9 Å². The quantitative estimate of drug-likeness (QED) is 0.793. The third-order valence-electron chi connectivity index (χ3n) is 3.90. The van der Waals surface area contributed by atoms with Gasteiger partial charge in [-0.1, -0.05) is 26.0 Å². The maximum absolute atomic E-state index is 12.9. The van der Waals surface area contributed by atoms with Gasteiger partial charge < -0.3 is 5.32 Å². The van der Waals surface area contributed by atoms with Gasteiger partial charge in [0.15, 0.2) is 0 Å². The summed E-state index contributed by atoms with van der Waals surface area (Å²) < 4.78 is 62.1. The standard InChI is InChI=1S/C16H18F3N3O3S/c1-3-10-11(15(23)22-21-12(10)4-2)9-20-13-7-5-6-8-14(13)26(24,25)16(17,18)19/h5-8,20H,3-4,9H2,1-2H3,(H,22,23). The lowest BCUT2D eigenvalue weighted by Gasteiger charge is -2.15. The second-order valence-corrected chi connectivity index (χ2v) is 7.37. The molecule has 0 atom stereocenters. The van der Waals surface area contributed by atoms with E-state index in [1.165, 1.54) is 18.2 Å². The van der Waals surface area contributed by atoms with Gasteiger partial charge in [-0.3, -0.25) is 4.79 Å². The molecule has 0 unspecified atom stereocenters. The minimum Gasteiger partial charge on any atom is -0.380 e. The fourth-order valence-electron chi connectivity index (χ4n) is 2.62. The highest BCUT2D eigenvalue weighted by molar-refractivity contribution is 7.92. The summed E-state index contributed by atoms with van der Waals surface area (Å²) in [7, 11) is -5.51. The second-order valence-electron chi connectivity index (χ2n) is 5.46. The number of aryl methyl sites for hydroxylation is 1. The first-order valence-corrected chi connectivity index (χ1v) is 9.35. The van der Waals surface area contributed by atoms with Gasteiger partial charge in [0, 0.05) is 12.1 Å². The van der Waals surface area contributed by atoms with Crippen LogP contribution in [0.25, 0.3) is 0 Å². The number of nitrogens with zero attached hydrogens (tertiary/aromatic N) is 1. The first-order valence-electron chi connectivity index (χ1n) is 7.87. The minimum atomic E-state index is -5.51. The zero-order valence-electron chi connectivity index (χ0n) is 14.1. The van der Waals surface area contributed by atoms with E-state index >= 15 is 0 Å². The lowest BCUT2D eigenvalue weighted by atomic mass is 10.0. The molecule has 0 saturated heterocycles. The molecule has 0 amide bonds. The van der Waals surface area contributed by atoms with Gasteiger partial charge in [0.2, 0.25) is 0 Å². The SMILES string of the molecule is CCc1n[nH]c(=O)c(CNc2ccccc2S(=O)(=O)C(F)(F)F)c1CC. The summed E-state index contributed by atoms with van der Waals surface area (Å²) in [5, 5.41) is 8.97. The van der Waals surface area contributed by atoms with Gasteiger partial charge in [0.1, 0.15) is 0 Å². The predicted octanol–water partition coefficient (Wildman–Crippen LogP) is 2.80. The first kappa shape index (κ1) is 20.0. The average molecular weight is 389 g/mol. The van der Waals surface area contributed by atoms with Crippen LogP contribution in [-0.4, -0.2) is 24.1 Å². The van der Waals surface area contributed by atoms with Gasteiger partial charge in [-0.25, -0.2) is 13.5 Å². The van der Waals surface area contributed by atoms with Gasteiger partial charge in [-0.15, -0.1) is 0 Å². The molecule has 0 aliphatic rings. The number of H-pyrrole nitrogens is 1. The normalized spacial score (nSPS) is 12.2. The van der Waals surface area contributed by atoms with E-state index in [0.717, 1.165) is 6.07 Å². The van der Waals surface area contributed by atoms with Crippen molar-refractivity contribution < 1.29 is 21.6 Å². The van der Waals surface area contributed by atoms with E-state index in [2.05, 4.69) is 15.5 Å². The molecule has 2 aromatic rings. The highest BCUT2D eigenvalue weighted by atomic mass is 32.2. The molecule has 0 aliphatic heterocycles. The Kier molecular flexibility index (Phi) is 5.74.